The average Bonchev–Trinajstić information content (AvgIpc) is 3.24. The number of aromatic nitrogens is 2. The molecule has 0 aliphatic carbocycles. The third-order valence-corrected chi connectivity index (χ3v) is 4.36. The number of hydrogen-bond donors (Lipinski definition) is 1. The molecule has 1 amide bonds. The summed E-state index contributed by atoms with van der Waals surface area (Å²) in [5, 5.41) is 11.4. The predicted octanol–water partition coefficient (Wildman–Crippen LogP) is 3.74. The van der Waals surface area contributed by atoms with Crippen molar-refractivity contribution in [1.82, 2.24) is 15.5 Å². The van der Waals surface area contributed by atoms with Crippen molar-refractivity contribution >= 4 is 28.8 Å². The zero-order valence-electron chi connectivity index (χ0n) is 12.9. The molecule has 0 atom stereocenters. The molecule has 3 rings (SSSR count). The highest BCUT2D eigenvalue weighted by Gasteiger charge is 2.10. The quantitative estimate of drug-likeness (QED) is 0.696. The topological polar surface area (TPSA) is 68.0 Å². The normalized spacial score (nSPS) is 10.7. The molecule has 124 valence electrons. The van der Waals surface area contributed by atoms with Crippen molar-refractivity contribution in [3.8, 4) is 11.4 Å². The third-order valence-electron chi connectivity index (χ3n) is 3.44. The van der Waals surface area contributed by atoms with Gasteiger partial charge in [0.25, 0.3) is 0 Å². The van der Waals surface area contributed by atoms with Gasteiger partial charge in [-0.05, 0) is 35.6 Å². The van der Waals surface area contributed by atoms with E-state index in [2.05, 4.69) is 15.5 Å². The first-order valence-corrected chi connectivity index (χ1v) is 8.89. The molecule has 0 radical (unpaired) electrons. The highest BCUT2D eigenvalue weighted by molar-refractivity contribution is 7.08. The van der Waals surface area contributed by atoms with E-state index in [1.54, 1.807) is 11.3 Å². The molecule has 2 aromatic heterocycles. The second kappa shape index (κ2) is 8.08. The SMILES string of the molecule is O=C(CCc1nc(-c2ccsc2)no1)NCCc1cccc(Cl)c1. The van der Waals surface area contributed by atoms with Crippen LogP contribution >= 0.6 is 22.9 Å². The Morgan fingerprint density at radius 1 is 1.29 bits per heavy atom. The molecule has 0 saturated carbocycles. The summed E-state index contributed by atoms with van der Waals surface area (Å²) in [6, 6.07) is 9.56. The van der Waals surface area contributed by atoms with Gasteiger partial charge in [-0.3, -0.25) is 4.79 Å². The Hall–Kier alpha value is -2.18. The molecular formula is C17H16ClN3O2S. The number of nitrogens with one attached hydrogen (secondary N) is 1. The van der Waals surface area contributed by atoms with Crippen LogP contribution in [-0.4, -0.2) is 22.6 Å². The molecule has 0 bridgehead atoms. The molecule has 7 heteroatoms. The van der Waals surface area contributed by atoms with Gasteiger partial charge in [0, 0.05) is 35.4 Å². The van der Waals surface area contributed by atoms with Crippen LogP contribution in [0.15, 0.2) is 45.6 Å². The first kappa shape index (κ1) is 16.7. The van der Waals surface area contributed by atoms with Gasteiger partial charge in [-0.1, -0.05) is 28.9 Å². The number of halogens is 1. The van der Waals surface area contributed by atoms with Crippen LogP contribution in [0.2, 0.25) is 5.02 Å². The molecule has 1 N–H and O–H groups in total. The van der Waals surface area contributed by atoms with Crippen LogP contribution in [0.5, 0.6) is 0 Å². The minimum atomic E-state index is -0.0349. The molecule has 3 aromatic rings. The second-order valence-electron chi connectivity index (χ2n) is 5.25. The standard InChI is InChI=1S/C17H16ClN3O2S/c18-14-3-1-2-12(10-14)6-8-19-15(22)4-5-16-20-17(21-23-16)13-7-9-24-11-13/h1-3,7,9-11H,4-6,8H2,(H,19,22). The molecule has 0 fully saturated rings. The molecule has 0 unspecified atom stereocenters. The van der Waals surface area contributed by atoms with Gasteiger partial charge in [0.2, 0.25) is 17.6 Å². The number of hydrogen-bond acceptors (Lipinski definition) is 5. The number of amides is 1. The van der Waals surface area contributed by atoms with E-state index in [1.165, 1.54) is 0 Å². The largest absolute Gasteiger partial charge is 0.356 e. The van der Waals surface area contributed by atoms with Gasteiger partial charge in [0.15, 0.2) is 0 Å². The van der Waals surface area contributed by atoms with Crippen LogP contribution in [0.3, 0.4) is 0 Å². The lowest BCUT2D eigenvalue weighted by atomic mass is 10.1. The lowest BCUT2D eigenvalue weighted by Gasteiger charge is -2.04. The van der Waals surface area contributed by atoms with Crippen molar-refractivity contribution in [3.63, 3.8) is 0 Å². The first-order valence-electron chi connectivity index (χ1n) is 7.57. The summed E-state index contributed by atoms with van der Waals surface area (Å²) in [4.78, 5) is 16.2. The predicted molar refractivity (Wildman–Crippen MR) is 94.1 cm³/mol. The van der Waals surface area contributed by atoms with Crippen molar-refractivity contribution in [1.29, 1.82) is 0 Å². The van der Waals surface area contributed by atoms with E-state index in [0.29, 0.717) is 36.1 Å². The Labute approximate surface area is 148 Å². The second-order valence-corrected chi connectivity index (χ2v) is 6.47. The number of carbonyl (C=O) groups excluding carboxylic acids is 1. The summed E-state index contributed by atoms with van der Waals surface area (Å²) in [6.07, 6.45) is 1.50. The van der Waals surface area contributed by atoms with Crippen molar-refractivity contribution in [2.75, 3.05) is 6.54 Å². The Kier molecular flexibility index (Phi) is 5.61. The Morgan fingerprint density at radius 3 is 3.00 bits per heavy atom. The van der Waals surface area contributed by atoms with Crippen LogP contribution in [0.4, 0.5) is 0 Å². The van der Waals surface area contributed by atoms with E-state index in [1.807, 2.05) is 41.1 Å². The molecule has 5 nitrogen and oxygen atoms in total. The maximum atomic E-state index is 11.9. The maximum Gasteiger partial charge on any atom is 0.227 e. The molecule has 0 aliphatic rings. The van der Waals surface area contributed by atoms with Gasteiger partial charge in [0.1, 0.15) is 0 Å². The van der Waals surface area contributed by atoms with Gasteiger partial charge in [-0.25, -0.2) is 0 Å². The maximum absolute atomic E-state index is 11.9. The van der Waals surface area contributed by atoms with Gasteiger partial charge >= 0.3 is 0 Å². The Morgan fingerprint density at radius 2 is 2.21 bits per heavy atom. The molecule has 0 spiro atoms. The summed E-state index contributed by atoms with van der Waals surface area (Å²) < 4.78 is 5.17. The smallest absolute Gasteiger partial charge is 0.227 e. The molecule has 24 heavy (non-hydrogen) atoms. The fourth-order valence-corrected chi connectivity index (χ4v) is 3.06. The Balaban J connectivity index is 1.41. The Bertz CT molecular complexity index is 802. The fraction of sp³-hybridized carbons (Fsp3) is 0.235. The fourth-order valence-electron chi connectivity index (χ4n) is 2.21. The molecule has 0 saturated heterocycles. The zero-order valence-corrected chi connectivity index (χ0v) is 14.4. The molecular weight excluding hydrogens is 346 g/mol. The molecule has 0 aliphatic heterocycles. The monoisotopic (exact) mass is 361 g/mol. The zero-order chi connectivity index (χ0) is 16.8. The summed E-state index contributed by atoms with van der Waals surface area (Å²) in [7, 11) is 0. The number of rotatable bonds is 7. The highest BCUT2D eigenvalue weighted by Crippen LogP contribution is 2.19. The van der Waals surface area contributed by atoms with E-state index in [0.717, 1.165) is 17.5 Å². The van der Waals surface area contributed by atoms with Crippen LogP contribution in [0.1, 0.15) is 17.9 Å². The lowest BCUT2D eigenvalue weighted by molar-refractivity contribution is -0.121. The van der Waals surface area contributed by atoms with E-state index in [9.17, 15) is 4.79 Å². The number of nitrogens with zero attached hydrogens (tertiary/aromatic N) is 2. The van der Waals surface area contributed by atoms with Crippen molar-refractivity contribution in [2.45, 2.75) is 19.3 Å². The van der Waals surface area contributed by atoms with Gasteiger partial charge in [-0.15, -0.1) is 0 Å². The van der Waals surface area contributed by atoms with Gasteiger partial charge in [0.05, 0.1) is 0 Å². The van der Waals surface area contributed by atoms with Crippen LogP contribution in [0.25, 0.3) is 11.4 Å². The van der Waals surface area contributed by atoms with Crippen LogP contribution in [-0.2, 0) is 17.6 Å². The number of benzene rings is 1. The van der Waals surface area contributed by atoms with Crippen molar-refractivity contribution in [2.24, 2.45) is 0 Å². The number of carbonyl (C=O) groups is 1. The van der Waals surface area contributed by atoms with Crippen LogP contribution in [0, 0.1) is 0 Å². The van der Waals surface area contributed by atoms with Crippen molar-refractivity contribution in [3.05, 3.63) is 57.6 Å². The number of aryl methyl sites for hydroxylation is 1. The van der Waals surface area contributed by atoms with Crippen molar-refractivity contribution < 1.29 is 9.32 Å². The molecule has 2 heterocycles. The minimum Gasteiger partial charge on any atom is -0.356 e. The van der Waals surface area contributed by atoms with E-state index >= 15 is 0 Å². The highest BCUT2D eigenvalue weighted by atomic mass is 35.5. The third kappa shape index (κ3) is 4.66. The summed E-state index contributed by atoms with van der Waals surface area (Å²) in [5.41, 5.74) is 2.03. The summed E-state index contributed by atoms with van der Waals surface area (Å²) >= 11 is 7.51. The first-order chi connectivity index (χ1) is 11.7. The van der Waals surface area contributed by atoms with Gasteiger partial charge < -0.3 is 9.84 Å². The molecule has 1 aromatic carbocycles. The lowest BCUT2D eigenvalue weighted by Crippen LogP contribution is -2.25. The number of thiophene rings is 1. The van der Waals surface area contributed by atoms with E-state index in [-0.39, 0.29) is 5.91 Å². The van der Waals surface area contributed by atoms with Crippen LogP contribution < -0.4 is 5.32 Å². The summed E-state index contributed by atoms with van der Waals surface area (Å²) in [5.74, 6) is 1.00. The van der Waals surface area contributed by atoms with E-state index in [4.69, 9.17) is 16.1 Å². The average molecular weight is 362 g/mol. The van der Waals surface area contributed by atoms with E-state index < -0.39 is 0 Å². The minimum absolute atomic E-state index is 0.0349. The summed E-state index contributed by atoms with van der Waals surface area (Å²) in [6.45, 7) is 0.573. The van der Waals surface area contributed by atoms with Gasteiger partial charge in [-0.2, -0.15) is 16.3 Å².